The molecule has 0 radical (unpaired) electrons. The van der Waals surface area contributed by atoms with Crippen LogP contribution in [0.15, 0.2) is 36.4 Å². The molecule has 0 bridgehead atoms. The summed E-state index contributed by atoms with van der Waals surface area (Å²) in [6, 6.07) is 13.2. The number of aryl methyl sites for hydroxylation is 2. The number of benzene rings is 2. The SMILES string of the molecule is Cc1cc(C#Cc2cc[c-]cc2)cc(C)c1OC(F)(F)F.[Rf]. The second-order valence-corrected chi connectivity index (χ2v) is 4.53. The van der Waals surface area contributed by atoms with Crippen molar-refractivity contribution in [2.45, 2.75) is 20.2 Å². The van der Waals surface area contributed by atoms with E-state index in [2.05, 4.69) is 22.6 Å². The minimum absolute atomic E-state index is 0. The Bertz CT molecular complexity index is 674. The standard InChI is InChI=1S/C17H12F3O.Rf/c1-12-10-15(9-8-14-6-4-3-5-7-14)11-13(2)16(12)21-17(18,19)20;/h4-7,10-11H,1-2H3;/q-1;. The number of ether oxygens (including phenoxy) is 1. The average Bonchev–Trinajstić information content (AvgIpc) is 2.41. The first-order chi connectivity index (χ1) is 9.85. The molecule has 0 heterocycles. The molecule has 0 atom stereocenters. The fourth-order valence-corrected chi connectivity index (χ4v) is 1.91. The predicted molar refractivity (Wildman–Crippen MR) is 73.9 cm³/mol. The van der Waals surface area contributed by atoms with E-state index in [-0.39, 0.29) is 5.75 Å². The minimum atomic E-state index is -4.69. The first-order valence-electron chi connectivity index (χ1n) is 6.20. The molecule has 5 heteroatoms. The van der Waals surface area contributed by atoms with Gasteiger partial charge in [0.15, 0.2) is 0 Å². The monoisotopic (exact) mass is 556 g/mol. The topological polar surface area (TPSA) is 9.23 Å². The molecule has 2 rings (SSSR count). The van der Waals surface area contributed by atoms with Gasteiger partial charge in [0, 0.05) is 5.56 Å². The second kappa shape index (κ2) is 6.36. The third-order valence-corrected chi connectivity index (χ3v) is 2.75. The zero-order chi connectivity index (χ0) is 15.5. The quantitative estimate of drug-likeness (QED) is 0.374. The Morgan fingerprint density at radius 2 is 1.45 bits per heavy atom. The van der Waals surface area contributed by atoms with Crippen LogP contribution in [-0.4, -0.2) is 6.36 Å². The molecule has 2 aromatic rings. The first-order valence-corrected chi connectivity index (χ1v) is 6.20. The summed E-state index contributed by atoms with van der Waals surface area (Å²) in [4.78, 5) is 0. The normalized spacial score (nSPS) is 10.2. The Morgan fingerprint density at radius 1 is 0.955 bits per heavy atom. The van der Waals surface area contributed by atoms with E-state index in [0.29, 0.717) is 16.7 Å². The molecule has 22 heavy (non-hydrogen) atoms. The maximum Gasteiger partial charge on any atom is 0.573 e. The molecule has 0 saturated heterocycles. The molecule has 0 saturated carbocycles. The van der Waals surface area contributed by atoms with Crippen LogP contribution in [0.1, 0.15) is 22.3 Å². The molecule has 0 N–H and O–H groups in total. The van der Waals surface area contributed by atoms with E-state index in [1.54, 1.807) is 38.1 Å². The number of hydrogen-bond acceptors (Lipinski definition) is 1. The van der Waals surface area contributed by atoms with Crippen LogP contribution in [0.3, 0.4) is 0 Å². The van der Waals surface area contributed by atoms with Crippen molar-refractivity contribution in [3.05, 3.63) is 64.7 Å². The van der Waals surface area contributed by atoms with Gasteiger partial charge in [-0.2, -0.15) is 30.3 Å². The van der Waals surface area contributed by atoms with Gasteiger partial charge in [0.05, 0.1) is 0 Å². The fraction of sp³-hybridized carbons (Fsp3) is 0.176. The summed E-state index contributed by atoms with van der Waals surface area (Å²) in [5, 5.41) is 0. The Morgan fingerprint density at radius 3 is 1.95 bits per heavy atom. The van der Waals surface area contributed by atoms with Gasteiger partial charge in [-0.15, -0.1) is 13.2 Å². The Kier molecular flexibility index (Phi) is 4.81. The molecule has 110 valence electrons. The molecular weight excluding hydrogens is 544 g/mol. The van der Waals surface area contributed by atoms with E-state index in [4.69, 9.17) is 0 Å². The second-order valence-electron chi connectivity index (χ2n) is 4.53. The molecule has 0 spiro atoms. The molecule has 1 nitrogen and oxygen atoms in total. The summed E-state index contributed by atoms with van der Waals surface area (Å²) in [5.74, 6) is 5.72. The van der Waals surface area contributed by atoms with Gasteiger partial charge in [-0.25, -0.2) is 0 Å². The van der Waals surface area contributed by atoms with Crippen LogP contribution in [0, 0.1) is 31.8 Å². The first kappa shape index (κ1) is 16.6. The van der Waals surface area contributed by atoms with E-state index in [0.717, 1.165) is 5.56 Å². The van der Waals surface area contributed by atoms with Gasteiger partial charge >= 0.3 is 6.36 Å². The zero-order valence-electron chi connectivity index (χ0n) is 12.2. The maximum absolute atomic E-state index is 12.3. The largest absolute Gasteiger partial charge is 0.573 e. The van der Waals surface area contributed by atoms with Crippen LogP contribution in [0.2, 0.25) is 0 Å². The molecule has 0 unspecified atom stereocenters. The fourth-order valence-electron chi connectivity index (χ4n) is 1.91. The smallest absolute Gasteiger partial charge is 0.405 e. The van der Waals surface area contributed by atoms with Crippen molar-refractivity contribution in [2.24, 2.45) is 0 Å². The zero-order valence-corrected chi connectivity index (χ0v) is 18.6. The molecule has 0 amide bonds. The molecule has 2 aromatic carbocycles. The molecule has 0 aliphatic rings. The maximum atomic E-state index is 12.3. The molecule has 0 aliphatic carbocycles. The molecule has 0 aromatic heterocycles. The van der Waals surface area contributed by atoms with E-state index >= 15 is 0 Å². The molecule has 0 aliphatic heterocycles. The van der Waals surface area contributed by atoms with Crippen LogP contribution < -0.4 is 4.74 Å². The van der Waals surface area contributed by atoms with E-state index in [1.807, 2.05) is 12.1 Å². The van der Waals surface area contributed by atoms with Gasteiger partial charge in [0.25, 0.3) is 0 Å². The van der Waals surface area contributed by atoms with E-state index in [1.165, 1.54) is 0 Å². The summed E-state index contributed by atoms with van der Waals surface area (Å²) in [7, 11) is 0. The predicted octanol–water partition coefficient (Wildman–Crippen LogP) is 4.40. The van der Waals surface area contributed by atoms with Gasteiger partial charge < -0.3 is 4.74 Å². The van der Waals surface area contributed by atoms with Gasteiger partial charge in [0.2, 0.25) is 0 Å². The Labute approximate surface area is 121 Å². The van der Waals surface area contributed by atoms with Crippen LogP contribution in [0.4, 0.5) is 13.2 Å². The number of alkyl halides is 3. The third kappa shape index (κ3) is 4.31. The van der Waals surface area contributed by atoms with Crippen molar-refractivity contribution < 1.29 is 17.9 Å². The summed E-state index contributed by atoms with van der Waals surface area (Å²) in [6.45, 7) is 3.13. The summed E-state index contributed by atoms with van der Waals surface area (Å²) in [6.07, 6.45) is -4.69. The van der Waals surface area contributed by atoms with Gasteiger partial charge in [-0.05, 0) is 37.1 Å². The van der Waals surface area contributed by atoms with E-state index in [9.17, 15) is 13.2 Å². The number of halogens is 3. The Balaban J connectivity index is 0.00000242. The van der Waals surface area contributed by atoms with E-state index < -0.39 is 6.36 Å². The van der Waals surface area contributed by atoms with Crippen LogP contribution >= 0.6 is 0 Å². The summed E-state index contributed by atoms with van der Waals surface area (Å²) in [5.41, 5.74) is 2.27. The van der Waals surface area contributed by atoms with Crippen LogP contribution in [0.5, 0.6) is 5.75 Å². The minimum Gasteiger partial charge on any atom is -0.405 e. The summed E-state index contributed by atoms with van der Waals surface area (Å²) < 4.78 is 41.0. The summed E-state index contributed by atoms with van der Waals surface area (Å²) >= 11 is 0. The Hall–Kier alpha value is -3.41. The van der Waals surface area contributed by atoms with Crippen molar-refractivity contribution in [3.63, 3.8) is 0 Å². The average molecular weight is 556 g/mol. The van der Waals surface area contributed by atoms with Crippen molar-refractivity contribution in [2.75, 3.05) is 0 Å². The van der Waals surface area contributed by atoms with Crippen LogP contribution in [-0.2, 0) is 0 Å². The molecular formula is C17H12F3ORf-. The van der Waals surface area contributed by atoms with Gasteiger partial charge in [-0.3, -0.25) is 0 Å². The third-order valence-electron chi connectivity index (χ3n) is 2.75. The van der Waals surface area contributed by atoms with Crippen molar-refractivity contribution in [1.29, 1.82) is 0 Å². The van der Waals surface area contributed by atoms with Crippen molar-refractivity contribution in [3.8, 4) is 17.6 Å². The number of rotatable bonds is 1. The van der Waals surface area contributed by atoms with Crippen LogP contribution in [0.25, 0.3) is 0 Å². The van der Waals surface area contributed by atoms with Gasteiger partial charge in [-0.1, -0.05) is 17.4 Å². The van der Waals surface area contributed by atoms with Crippen molar-refractivity contribution >= 4 is 0 Å². The van der Waals surface area contributed by atoms with Gasteiger partial charge in [0.1, 0.15) is 5.75 Å². The molecule has 0 fully saturated rings. The van der Waals surface area contributed by atoms with Crippen molar-refractivity contribution in [1.82, 2.24) is 0 Å². The number of hydrogen-bond donors (Lipinski definition) is 0.